The number of rotatable bonds is 10. The SMILES string of the molecule is C[n+]1cccnc1SCC(=O)OCCOCCC[SiH](C)O. The molecule has 118 valence electrons. The molecule has 0 aromatic carbocycles. The molecule has 1 aromatic rings. The molecule has 0 bridgehead atoms. The van der Waals surface area contributed by atoms with E-state index in [1.54, 1.807) is 6.20 Å². The molecule has 1 atom stereocenters. The first kappa shape index (κ1) is 18.1. The van der Waals surface area contributed by atoms with E-state index in [2.05, 4.69) is 4.98 Å². The van der Waals surface area contributed by atoms with E-state index in [1.807, 2.05) is 30.4 Å². The number of nitrogens with zero attached hydrogens (tertiary/aromatic N) is 2. The molecule has 0 amide bonds. The van der Waals surface area contributed by atoms with Gasteiger partial charge in [-0.2, -0.15) is 0 Å². The minimum atomic E-state index is -1.47. The molecule has 0 aliphatic carbocycles. The zero-order chi connectivity index (χ0) is 15.5. The summed E-state index contributed by atoms with van der Waals surface area (Å²) in [4.78, 5) is 24.9. The van der Waals surface area contributed by atoms with Gasteiger partial charge >= 0.3 is 11.1 Å². The summed E-state index contributed by atoms with van der Waals surface area (Å²) in [5.74, 6) is -0.0380. The van der Waals surface area contributed by atoms with Crippen LogP contribution in [0.1, 0.15) is 6.42 Å². The van der Waals surface area contributed by atoms with Crippen molar-refractivity contribution in [3.05, 3.63) is 18.5 Å². The van der Waals surface area contributed by atoms with Gasteiger partial charge in [-0.05, 0) is 35.8 Å². The van der Waals surface area contributed by atoms with Crippen LogP contribution in [0.25, 0.3) is 0 Å². The maximum Gasteiger partial charge on any atom is 0.359 e. The van der Waals surface area contributed by atoms with E-state index in [-0.39, 0.29) is 18.3 Å². The Labute approximate surface area is 131 Å². The van der Waals surface area contributed by atoms with Crippen molar-refractivity contribution in [2.45, 2.75) is 24.2 Å². The summed E-state index contributed by atoms with van der Waals surface area (Å²) in [6, 6.07) is 2.69. The van der Waals surface area contributed by atoms with Gasteiger partial charge in [-0.25, -0.2) is 4.57 Å². The standard InChI is InChI=1S/C13H23N2O4SSi/c1-15-6-3-5-14-13(15)20-11-12(16)19-9-8-18-7-4-10-21(2)17/h3,5-6,17,21H,4,7-11H2,1-2H3/q+1. The quantitative estimate of drug-likeness (QED) is 0.166. The van der Waals surface area contributed by atoms with E-state index in [4.69, 9.17) is 9.47 Å². The van der Waals surface area contributed by atoms with Crippen LogP contribution in [-0.2, 0) is 21.3 Å². The summed E-state index contributed by atoms with van der Waals surface area (Å²) in [7, 11) is 0.414. The number of carbonyl (C=O) groups is 1. The van der Waals surface area contributed by atoms with E-state index < -0.39 is 9.04 Å². The van der Waals surface area contributed by atoms with Crippen LogP contribution in [0.5, 0.6) is 0 Å². The van der Waals surface area contributed by atoms with Gasteiger partial charge in [0.2, 0.25) is 0 Å². The second-order valence-corrected chi connectivity index (χ2v) is 7.84. The number of thioether (sulfide) groups is 1. The number of hydrogen-bond acceptors (Lipinski definition) is 6. The molecule has 0 aliphatic heterocycles. The van der Waals surface area contributed by atoms with Gasteiger partial charge in [0.15, 0.2) is 9.04 Å². The second kappa shape index (κ2) is 10.7. The molecule has 1 aromatic heterocycles. The number of aryl methyl sites for hydroxylation is 1. The van der Waals surface area contributed by atoms with Gasteiger partial charge < -0.3 is 14.3 Å². The Morgan fingerprint density at radius 1 is 1.48 bits per heavy atom. The summed E-state index contributed by atoms with van der Waals surface area (Å²) in [6.07, 6.45) is 4.44. The highest BCUT2D eigenvalue weighted by Crippen LogP contribution is 2.09. The fourth-order valence-electron chi connectivity index (χ4n) is 1.53. The third kappa shape index (κ3) is 8.81. The fourth-order valence-corrected chi connectivity index (χ4v) is 3.02. The average Bonchev–Trinajstić information content (AvgIpc) is 2.45. The Morgan fingerprint density at radius 3 is 3.00 bits per heavy atom. The Kier molecular flexibility index (Phi) is 9.23. The molecule has 0 radical (unpaired) electrons. The van der Waals surface area contributed by atoms with Gasteiger partial charge in [0, 0.05) is 12.7 Å². The molecule has 0 saturated carbocycles. The van der Waals surface area contributed by atoms with Gasteiger partial charge in [0.1, 0.15) is 18.6 Å². The Balaban J connectivity index is 2.03. The summed E-state index contributed by atoms with van der Waals surface area (Å²) < 4.78 is 12.2. The van der Waals surface area contributed by atoms with E-state index in [0.717, 1.165) is 17.6 Å². The zero-order valence-electron chi connectivity index (χ0n) is 12.5. The van der Waals surface area contributed by atoms with Crippen LogP contribution < -0.4 is 4.57 Å². The number of hydrogen-bond donors (Lipinski definition) is 1. The molecular weight excluding hydrogens is 308 g/mol. The first-order valence-corrected chi connectivity index (χ1v) is 10.4. The largest absolute Gasteiger partial charge is 0.463 e. The summed E-state index contributed by atoms with van der Waals surface area (Å²) in [5, 5.41) is 0.771. The van der Waals surface area contributed by atoms with Crippen LogP contribution in [0.4, 0.5) is 0 Å². The van der Waals surface area contributed by atoms with Gasteiger partial charge in [-0.3, -0.25) is 4.79 Å². The minimum Gasteiger partial charge on any atom is -0.463 e. The summed E-state index contributed by atoms with van der Waals surface area (Å²) in [5.41, 5.74) is 0. The molecule has 0 aliphatic rings. The first-order chi connectivity index (χ1) is 10.1. The normalized spacial score (nSPS) is 12.1. The lowest BCUT2D eigenvalue weighted by Gasteiger charge is -2.06. The van der Waals surface area contributed by atoms with Gasteiger partial charge in [-0.1, -0.05) is 0 Å². The van der Waals surface area contributed by atoms with Crippen molar-refractivity contribution >= 4 is 26.8 Å². The van der Waals surface area contributed by atoms with E-state index in [0.29, 0.717) is 13.2 Å². The molecule has 0 spiro atoms. The maximum atomic E-state index is 11.5. The third-order valence-corrected chi connectivity index (χ3v) is 4.88. The lowest BCUT2D eigenvalue weighted by molar-refractivity contribution is -0.713. The van der Waals surface area contributed by atoms with Crippen LogP contribution in [0.15, 0.2) is 23.6 Å². The summed E-state index contributed by atoms with van der Waals surface area (Å²) in [6.45, 7) is 3.16. The number of ether oxygens (including phenoxy) is 2. The van der Waals surface area contributed by atoms with Crippen molar-refractivity contribution in [2.75, 3.05) is 25.6 Å². The van der Waals surface area contributed by atoms with Crippen molar-refractivity contribution in [2.24, 2.45) is 7.05 Å². The molecule has 1 N–H and O–H groups in total. The van der Waals surface area contributed by atoms with Crippen LogP contribution in [0.3, 0.4) is 0 Å². The van der Waals surface area contributed by atoms with Crippen LogP contribution in [0.2, 0.25) is 12.6 Å². The van der Waals surface area contributed by atoms with Crippen LogP contribution in [-0.4, -0.2) is 50.4 Å². The van der Waals surface area contributed by atoms with E-state index in [1.165, 1.54) is 11.8 Å². The van der Waals surface area contributed by atoms with E-state index >= 15 is 0 Å². The molecule has 6 nitrogen and oxygen atoms in total. The lowest BCUT2D eigenvalue weighted by atomic mass is 10.5. The Bertz CT molecular complexity index is 434. The predicted octanol–water partition coefficient (Wildman–Crippen LogP) is 0.294. The van der Waals surface area contributed by atoms with Crippen molar-refractivity contribution in [3.63, 3.8) is 0 Å². The Hall–Kier alpha value is -0.963. The average molecular weight is 331 g/mol. The van der Waals surface area contributed by atoms with Gasteiger partial charge in [0.05, 0.1) is 19.9 Å². The van der Waals surface area contributed by atoms with Crippen molar-refractivity contribution in [3.8, 4) is 0 Å². The highest BCUT2D eigenvalue weighted by atomic mass is 32.2. The molecule has 0 saturated heterocycles. The molecular formula is C13H23N2O4SSi+. The second-order valence-electron chi connectivity index (χ2n) is 4.63. The van der Waals surface area contributed by atoms with Crippen molar-refractivity contribution in [1.29, 1.82) is 0 Å². The van der Waals surface area contributed by atoms with Gasteiger partial charge in [0.25, 0.3) is 0 Å². The zero-order valence-corrected chi connectivity index (χ0v) is 14.5. The van der Waals surface area contributed by atoms with Crippen molar-refractivity contribution < 1.29 is 23.6 Å². The smallest absolute Gasteiger partial charge is 0.359 e. The highest BCUT2D eigenvalue weighted by Gasteiger charge is 2.12. The predicted molar refractivity (Wildman–Crippen MR) is 82.6 cm³/mol. The van der Waals surface area contributed by atoms with E-state index in [9.17, 15) is 9.59 Å². The topological polar surface area (TPSA) is 72.5 Å². The molecule has 1 rings (SSSR count). The minimum absolute atomic E-state index is 0.235. The van der Waals surface area contributed by atoms with Crippen LogP contribution in [0, 0.1) is 0 Å². The number of esters is 1. The molecule has 21 heavy (non-hydrogen) atoms. The number of carbonyl (C=O) groups excluding carboxylic acids is 1. The van der Waals surface area contributed by atoms with Crippen LogP contribution >= 0.6 is 11.8 Å². The number of aromatic nitrogens is 2. The lowest BCUT2D eigenvalue weighted by Crippen LogP contribution is -2.31. The summed E-state index contributed by atoms with van der Waals surface area (Å²) >= 11 is 1.34. The highest BCUT2D eigenvalue weighted by molar-refractivity contribution is 7.99. The molecule has 0 fully saturated rings. The van der Waals surface area contributed by atoms with Gasteiger partial charge in [-0.15, -0.1) is 0 Å². The first-order valence-electron chi connectivity index (χ1n) is 6.94. The molecule has 1 heterocycles. The fraction of sp³-hybridized carbons (Fsp3) is 0.615. The monoisotopic (exact) mass is 331 g/mol. The third-order valence-electron chi connectivity index (χ3n) is 2.60. The molecule has 1 unspecified atom stereocenters. The Morgan fingerprint density at radius 2 is 2.29 bits per heavy atom. The maximum absolute atomic E-state index is 11.5. The van der Waals surface area contributed by atoms with Crippen molar-refractivity contribution in [1.82, 2.24) is 4.98 Å². The molecule has 8 heteroatoms.